The molecular weight excluding hydrogens is 304 g/mol. The topological polar surface area (TPSA) is 60.5 Å². The van der Waals surface area contributed by atoms with Crippen molar-refractivity contribution in [2.45, 2.75) is 0 Å². The van der Waals surface area contributed by atoms with E-state index >= 15 is 0 Å². The summed E-state index contributed by atoms with van der Waals surface area (Å²) < 4.78 is 10.4. The molecule has 114 valence electrons. The number of nitrogens with zero attached hydrogens (tertiary/aromatic N) is 1. The van der Waals surface area contributed by atoms with Crippen molar-refractivity contribution in [2.24, 2.45) is 0 Å². The van der Waals surface area contributed by atoms with Crippen LogP contribution in [0.25, 0.3) is 6.08 Å². The number of methoxy groups -OCH3 is 2. The van der Waals surface area contributed by atoms with Gasteiger partial charge < -0.3 is 14.8 Å². The minimum atomic E-state index is -0.274. The van der Waals surface area contributed by atoms with Gasteiger partial charge in [0.1, 0.15) is 16.7 Å². The number of rotatable bonds is 5. The van der Waals surface area contributed by atoms with Gasteiger partial charge in [0.2, 0.25) is 5.91 Å². The largest absolute Gasteiger partial charge is 0.497 e. The monoisotopic (exact) mass is 318 g/mol. The van der Waals surface area contributed by atoms with Gasteiger partial charge in [-0.15, -0.1) is 0 Å². The number of carbonyl (C=O) groups is 1. The fraction of sp³-hybridized carbons (Fsp3) is 0.125. The van der Waals surface area contributed by atoms with Crippen LogP contribution in [0, 0.1) is 0 Å². The molecule has 0 fully saturated rings. The highest BCUT2D eigenvalue weighted by molar-refractivity contribution is 6.29. The molecule has 0 aliphatic carbocycles. The second-order valence-corrected chi connectivity index (χ2v) is 4.72. The molecule has 1 N–H and O–H groups in total. The lowest BCUT2D eigenvalue weighted by Crippen LogP contribution is -2.07. The predicted molar refractivity (Wildman–Crippen MR) is 86.5 cm³/mol. The predicted octanol–water partition coefficient (Wildman–Crippen LogP) is 3.40. The first-order valence-corrected chi connectivity index (χ1v) is 6.82. The third-order valence-corrected chi connectivity index (χ3v) is 3.00. The summed E-state index contributed by atoms with van der Waals surface area (Å²) in [6, 6.07) is 8.59. The summed E-state index contributed by atoms with van der Waals surface area (Å²) in [6.45, 7) is 0. The van der Waals surface area contributed by atoms with E-state index in [1.807, 2.05) is 0 Å². The summed E-state index contributed by atoms with van der Waals surface area (Å²) >= 11 is 5.76. The Bertz CT molecular complexity index is 679. The third kappa shape index (κ3) is 4.49. The molecule has 0 radical (unpaired) electrons. The molecule has 0 saturated carbocycles. The molecule has 1 heterocycles. The maximum absolute atomic E-state index is 11.9. The molecule has 0 saturated heterocycles. The molecule has 2 aromatic rings. The first-order chi connectivity index (χ1) is 10.6. The van der Waals surface area contributed by atoms with E-state index in [1.54, 1.807) is 50.6 Å². The van der Waals surface area contributed by atoms with Gasteiger partial charge in [0.15, 0.2) is 0 Å². The van der Waals surface area contributed by atoms with Gasteiger partial charge in [-0.1, -0.05) is 11.6 Å². The number of carbonyl (C=O) groups excluding carboxylic acids is 1. The lowest BCUT2D eigenvalue weighted by molar-refractivity contribution is -0.111. The van der Waals surface area contributed by atoms with Gasteiger partial charge in [0.25, 0.3) is 0 Å². The minimum absolute atomic E-state index is 0.274. The van der Waals surface area contributed by atoms with Gasteiger partial charge in [-0.3, -0.25) is 4.79 Å². The lowest BCUT2D eigenvalue weighted by atomic mass is 10.2. The van der Waals surface area contributed by atoms with Gasteiger partial charge >= 0.3 is 0 Å². The fourth-order valence-corrected chi connectivity index (χ4v) is 1.94. The highest BCUT2D eigenvalue weighted by Gasteiger charge is 2.02. The summed E-state index contributed by atoms with van der Waals surface area (Å²) in [7, 11) is 3.14. The van der Waals surface area contributed by atoms with Crippen LogP contribution in [0.4, 0.5) is 5.69 Å². The number of halogens is 1. The quantitative estimate of drug-likeness (QED) is 0.678. The zero-order valence-electron chi connectivity index (χ0n) is 12.2. The molecule has 1 amide bonds. The molecule has 2 rings (SSSR count). The minimum Gasteiger partial charge on any atom is -0.497 e. The van der Waals surface area contributed by atoms with Crippen LogP contribution in [0.15, 0.2) is 42.6 Å². The molecule has 0 spiro atoms. The molecule has 22 heavy (non-hydrogen) atoms. The van der Waals surface area contributed by atoms with Crippen LogP contribution >= 0.6 is 11.6 Å². The molecule has 6 heteroatoms. The fourth-order valence-electron chi connectivity index (χ4n) is 1.76. The normalized spacial score (nSPS) is 10.5. The van der Waals surface area contributed by atoms with Crippen molar-refractivity contribution in [3.05, 3.63) is 53.3 Å². The van der Waals surface area contributed by atoms with Crippen LogP contribution in [0.2, 0.25) is 5.15 Å². The Balaban J connectivity index is 2.09. The van der Waals surface area contributed by atoms with Crippen LogP contribution in [0.3, 0.4) is 0 Å². The third-order valence-electron chi connectivity index (χ3n) is 2.80. The van der Waals surface area contributed by atoms with E-state index in [0.717, 1.165) is 5.56 Å². The van der Waals surface area contributed by atoms with E-state index < -0.39 is 0 Å². The second kappa shape index (κ2) is 7.47. The van der Waals surface area contributed by atoms with Crippen LogP contribution in [-0.2, 0) is 4.79 Å². The van der Waals surface area contributed by atoms with Crippen molar-refractivity contribution in [3.63, 3.8) is 0 Å². The van der Waals surface area contributed by atoms with Gasteiger partial charge in [-0.2, -0.15) is 0 Å². The number of ether oxygens (including phenoxy) is 2. The SMILES string of the molecule is COc1cc(/C=C/C(=O)Nc2ccnc(Cl)c2)cc(OC)c1. The number of hydrogen-bond acceptors (Lipinski definition) is 4. The highest BCUT2D eigenvalue weighted by atomic mass is 35.5. The van der Waals surface area contributed by atoms with Crippen molar-refractivity contribution in [3.8, 4) is 11.5 Å². The second-order valence-electron chi connectivity index (χ2n) is 4.34. The van der Waals surface area contributed by atoms with Gasteiger partial charge in [0, 0.05) is 24.0 Å². The first-order valence-electron chi connectivity index (χ1n) is 6.44. The van der Waals surface area contributed by atoms with E-state index in [-0.39, 0.29) is 5.91 Å². The van der Waals surface area contributed by atoms with Crippen molar-refractivity contribution in [2.75, 3.05) is 19.5 Å². The summed E-state index contributed by atoms with van der Waals surface area (Å²) in [5.41, 5.74) is 1.37. The summed E-state index contributed by atoms with van der Waals surface area (Å²) in [4.78, 5) is 15.7. The smallest absolute Gasteiger partial charge is 0.248 e. The number of hydrogen-bond donors (Lipinski definition) is 1. The number of anilines is 1. The highest BCUT2D eigenvalue weighted by Crippen LogP contribution is 2.23. The zero-order valence-corrected chi connectivity index (χ0v) is 12.9. The molecule has 1 aromatic heterocycles. The van der Waals surface area contributed by atoms with E-state index in [9.17, 15) is 4.79 Å². The van der Waals surface area contributed by atoms with Crippen LogP contribution < -0.4 is 14.8 Å². The molecule has 0 bridgehead atoms. The van der Waals surface area contributed by atoms with Crippen molar-refractivity contribution in [1.29, 1.82) is 0 Å². The van der Waals surface area contributed by atoms with Crippen molar-refractivity contribution >= 4 is 29.3 Å². The Hall–Kier alpha value is -2.53. The van der Waals surface area contributed by atoms with Gasteiger partial charge in [0.05, 0.1) is 14.2 Å². The lowest BCUT2D eigenvalue weighted by Gasteiger charge is -2.06. The standard InChI is InChI=1S/C16H15ClN2O3/c1-21-13-7-11(8-14(10-13)22-2)3-4-16(20)19-12-5-6-18-15(17)9-12/h3-10H,1-2H3,(H,18,19,20)/b4-3+. The Morgan fingerprint density at radius 3 is 2.45 bits per heavy atom. The number of amides is 1. The summed E-state index contributed by atoms with van der Waals surface area (Å²) in [5.74, 6) is 1.03. The maximum Gasteiger partial charge on any atom is 0.248 e. The molecule has 0 unspecified atom stereocenters. The number of benzene rings is 1. The Kier molecular flexibility index (Phi) is 5.38. The Labute approximate surface area is 133 Å². The van der Waals surface area contributed by atoms with Crippen LogP contribution in [0.5, 0.6) is 11.5 Å². The van der Waals surface area contributed by atoms with Gasteiger partial charge in [-0.05, 0) is 35.9 Å². The maximum atomic E-state index is 11.9. The van der Waals surface area contributed by atoms with Crippen molar-refractivity contribution in [1.82, 2.24) is 4.98 Å². The zero-order chi connectivity index (χ0) is 15.9. The number of nitrogens with one attached hydrogen (secondary N) is 1. The molecule has 1 aromatic carbocycles. The van der Waals surface area contributed by atoms with Crippen LogP contribution in [-0.4, -0.2) is 25.1 Å². The molecule has 0 aliphatic rings. The Morgan fingerprint density at radius 2 is 1.86 bits per heavy atom. The average Bonchev–Trinajstić information content (AvgIpc) is 2.52. The first kappa shape index (κ1) is 15.9. The number of aromatic nitrogens is 1. The van der Waals surface area contributed by atoms with E-state index in [4.69, 9.17) is 21.1 Å². The van der Waals surface area contributed by atoms with E-state index in [0.29, 0.717) is 22.3 Å². The molecular formula is C16H15ClN2O3. The summed E-state index contributed by atoms with van der Waals surface area (Å²) in [5, 5.41) is 3.02. The molecule has 0 aliphatic heterocycles. The molecule has 5 nitrogen and oxygen atoms in total. The number of pyridine rings is 1. The Morgan fingerprint density at radius 1 is 1.18 bits per heavy atom. The summed E-state index contributed by atoms with van der Waals surface area (Å²) in [6.07, 6.45) is 4.61. The van der Waals surface area contributed by atoms with E-state index in [2.05, 4.69) is 10.3 Å². The van der Waals surface area contributed by atoms with Crippen molar-refractivity contribution < 1.29 is 14.3 Å². The average molecular weight is 319 g/mol. The van der Waals surface area contributed by atoms with Gasteiger partial charge in [-0.25, -0.2) is 4.98 Å². The van der Waals surface area contributed by atoms with Crippen LogP contribution in [0.1, 0.15) is 5.56 Å². The van der Waals surface area contributed by atoms with E-state index in [1.165, 1.54) is 12.3 Å². The molecule has 0 atom stereocenters.